The largest absolute Gasteiger partial charge is 0.492 e. The molecule has 0 saturated heterocycles. The molecule has 0 fully saturated rings. The highest BCUT2D eigenvalue weighted by Crippen LogP contribution is 2.14. The van der Waals surface area contributed by atoms with Crippen LogP contribution in [0.25, 0.3) is 0 Å². The molecule has 0 aliphatic carbocycles. The minimum Gasteiger partial charge on any atom is -0.492 e. The van der Waals surface area contributed by atoms with Crippen LogP contribution in [0.4, 0.5) is 0 Å². The van der Waals surface area contributed by atoms with Gasteiger partial charge in [-0.25, -0.2) is 0 Å². The van der Waals surface area contributed by atoms with Crippen LogP contribution in [0.3, 0.4) is 0 Å². The number of ether oxygens (including phenoxy) is 1. The van der Waals surface area contributed by atoms with Crippen LogP contribution in [-0.2, 0) is 7.05 Å². The van der Waals surface area contributed by atoms with Gasteiger partial charge in [0, 0.05) is 19.8 Å². The summed E-state index contributed by atoms with van der Waals surface area (Å²) in [4.78, 5) is 14.1. The first-order valence-corrected chi connectivity index (χ1v) is 6.94. The van der Waals surface area contributed by atoms with Crippen LogP contribution in [0, 0.1) is 13.8 Å². The topological polar surface area (TPSA) is 47.4 Å². The first-order chi connectivity index (χ1) is 10.0. The second-order valence-electron chi connectivity index (χ2n) is 5.06. The Morgan fingerprint density at radius 1 is 1.29 bits per heavy atom. The monoisotopic (exact) mass is 287 g/mol. The molecule has 1 amide bonds. The average Bonchev–Trinajstić information content (AvgIpc) is 2.72. The van der Waals surface area contributed by atoms with Crippen LogP contribution < -0.4 is 4.74 Å². The summed E-state index contributed by atoms with van der Waals surface area (Å²) in [6, 6.07) is 9.59. The van der Waals surface area contributed by atoms with Gasteiger partial charge in [0.05, 0.1) is 17.8 Å². The predicted molar refractivity (Wildman–Crippen MR) is 81.6 cm³/mol. The molecule has 21 heavy (non-hydrogen) atoms. The molecule has 0 saturated carbocycles. The fourth-order valence-corrected chi connectivity index (χ4v) is 2.19. The van der Waals surface area contributed by atoms with Crippen molar-refractivity contribution < 1.29 is 9.53 Å². The summed E-state index contributed by atoms with van der Waals surface area (Å²) < 4.78 is 7.35. The average molecular weight is 287 g/mol. The lowest BCUT2D eigenvalue weighted by atomic mass is 10.2. The van der Waals surface area contributed by atoms with Crippen molar-refractivity contribution >= 4 is 5.91 Å². The van der Waals surface area contributed by atoms with E-state index in [0.29, 0.717) is 18.7 Å². The highest BCUT2D eigenvalue weighted by molar-refractivity contribution is 5.96. The summed E-state index contributed by atoms with van der Waals surface area (Å²) in [6.45, 7) is 4.75. The first-order valence-electron chi connectivity index (χ1n) is 6.94. The quantitative estimate of drug-likeness (QED) is 0.847. The molecular formula is C16H21N3O2. The minimum atomic E-state index is -0.0187. The van der Waals surface area contributed by atoms with E-state index >= 15 is 0 Å². The van der Waals surface area contributed by atoms with Crippen molar-refractivity contribution in [1.29, 1.82) is 0 Å². The minimum absolute atomic E-state index is 0.0187. The second kappa shape index (κ2) is 6.43. The lowest BCUT2D eigenvalue weighted by molar-refractivity contribution is 0.0772. The number of aromatic nitrogens is 2. The zero-order chi connectivity index (χ0) is 15.4. The smallest absolute Gasteiger partial charge is 0.257 e. The van der Waals surface area contributed by atoms with Gasteiger partial charge in [0.25, 0.3) is 5.91 Å². The lowest BCUT2D eigenvalue weighted by Crippen LogP contribution is -2.31. The summed E-state index contributed by atoms with van der Waals surface area (Å²) >= 11 is 0. The van der Waals surface area contributed by atoms with E-state index in [9.17, 15) is 4.79 Å². The van der Waals surface area contributed by atoms with Crippen molar-refractivity contribution in [1.82, 2.24) is 14.7 Å². The van der Waals surface area contributed by atoms with E-state index in [0.717, 1.165) is 17.1 Å². The van der Waals surface area contributed by atoms with Crippen LogP contribution >= 0.6 is 0 Å². The molecule has 0 N–H and O–H groups in total. The van der Waals surface area contributed by atoms with Gasteiger partial charge in [-0.05, 0) is 26.0 Å². The maximum absolute atomic E-state index is 12.5. The Morgan fingerprint density at radius 2 is 1.95 bits per heavy atom. The third-order valence-electron chi connectivity index (χ3n) is 3.51. The van der Waals surface area contributed by atoms with Crippen molar-refractivity contribution in [3.63, 3.8) is 0 Å². The summed E-state index contributed by atoms with van der Waals surface area (Å²) in [6.07, 6.45) is 0. The van der Waals surface area contributed by atoms with Crippen LogP contribution in [0.15, 0.2) is 30.3 Å². The third-order valence-corrected chi connectivity index (χ3v) is 3.51. The fraction of sp³-hybridized carbons (Fsp3) is 0.375. The fourth-order valence-electron chi connectivity index (χ4n) is 2.19. The standard InChI is InChI=1S/C16H21N3O2/c1-12-15(13(2)19(4)17-12)16(20)18(3)10-11-21-14-8-6-5-7-9-14/h5-9H,10-11H2,1-4H3. The van der Waals surface area contributed by atoms with E-state index < -0.39 is 0 Å². The van der Waals surface area contributed by atoms with Gasteiger partial charge < -0.3 is 9.64 Å². The number of carbonyl (C=O) groups is 1. The van der Waals surface area contributed by atoms with E-state index in [4.69, 9.17) is 4.74 Å². The van der Waals surface area contributed by atoms with Gasteiger partial charge >= 0.3 is 0 Å². The molecule has 0 bridgehead atoms. The van der Waals surface area contributed by atoms with Gasteiger partial charge in [-0.3, -0.25) is 9.48 Å². The number of para-hydroxylation sites is 1. The molecule has 1 aromatic carbocycles. The van der Waals surface area contributed by atoms with Gasteiger partial charge in [0.15, 0.2) is 0 Å². The normalized spacial score (nSPS) is 10.5. The van der Waals surface area contributed by atoms with Crippen molar-refractivity contribution in [2.45, 2.75) is 13.8 Å². The molecule has 2 rings (SSSR count). The third kappa shape index (κ3) is 3.42. The Balaban J connectivity index is 1.94. The number of aryl methyl sites for hydroxylation is 2. The van der Waals surface area contributed by atoms with Crippen LogP contribution in [0.5, 0.6) is 5.75 Å². The van der Waals surface area contributed by atoms with Gasteiger partial charge in [0.1, 0.15) is 12.4 Å². The summed E-state index contributed by atoms with van der Waals surface area (Å²) in [5.41, 5.74) is 2.32. The number of hydrogen-bond acceptors (Lipinski definition) is 3. The van der Waals surface area contributed by atoms with Gasteiger partial charge in [-0.1, -0.05) is 18.2 Å². The Hall–Kier alpha value is -2.30. The SMILES string of the molecule is Cc1nn(C)c(C)c1C(=O)N(C)CCOc1ccccc1. The van der Waals surface area contributed by atoms with E-state index in [1.165, 1.54) is 0 Å². The molecule has 0 spiro atoms. The molecule has 1 aromatic heterocycles. The van der Waals surface area contributed by atoms with Gasteiger partial charge in [0.2, 0.25) is 0 Å². The number of hydrogen-bond donors (Lipinski definition) is 0. The number of benzene rings is 1. The van der Waals surface area contributed by atoms with Crippen molar-refractivity contribution in [2.75, 3.05) is 20.2 Å². The molecule has 5 heteroatoms. The van der Waals surface area contributed by atoms with Gasteiger partial charge in [-0.2, -0.15) is 5.10 Å². The first kappa shape index (κ1) is 15.1. The Kier molecular flexibility index (Phi) is 4.62. The maximum atomic E-state index is 12.5. The summed E-state index contributed by atoms with van der Waals surface area (Å²) in [5, 5.41) is 4.28. The van der Waals surface area contributed by atoms with E-state index in [1.807, 2.05) is 51.2 Å². The van der Waals surface area contributed by atoms with Crippen molar-refractivity contribution in [2.24, 2.45) is 7.05 Å². The lowest BCUT2D eigenvalue weighted by Gasteiger charge is -2.17. The molecule has 2 aromatic rings. The molecule has 1 heterocycles. The molecule has 5 nitrogen and oxygen atoms in total. The zero-order valence-corrected chi connectivity index (χ0v) is 13.0. The Labute approximate surface area is 125 Å². The van der Waals surface area contributed by atoms with E-state index in [2.05, 4.69) is 5.10 Å². The molecule has 0 unspecified atom stereocenters. The Morgan fingerprint density at radius 3 is 2.52 bits per heavy atom. The molecule has 0 aliphatic heterocycles. The number of nitrogens with zero attached hydrogens (tertiary/aromatic N) is 3. The van der Waals surface area contributed by atoms with Crippen molar-refractivity contribution in [3.8, 4) is 5.75 Å². The van der Waals surface area contributed by atoms with Gasteiger partial charge in [-0.15, -0.1) is 0 Å². The van der Waals surface area contributed by atoms with Crippen LogP contribution in [-0.4, -0.2) is 40.8 Å². The number of likely N-dealkylation sites (N-methyl/N-ethyl adjacent to an activating group) is 1. The zero-order valence-electron chi connectivity index (χ0n) is 13.0. The van der Waals surface area contributed by atoms with E-state index in [-0.39, 0.29) is 5.91 Å². The molecule has 0 aliphatic rings. The summed E-state index contributed by atoms with van der Waals surface area (Å²) in [5.74, 6) is 0.793. The van der Waals surface area contributed by atoms with Crippen LogP contribution in [0.1, 0.15) is 21.7 Å². The highest BCUT2D eigenvalue weighted by Gasteiger charge is 2.20. The number of carbonyl (C=O) groups excluding carboxylic acids is 1. The second-order valence-corrected chi connectivity index (χ2v) is 5.06. The maximum Gasteiger partial charge on any atom is 0.257 e. The van der Waals surface area contributed by atoms with Crippen LogP contribution in [0.2, 0.25) is 0 Å². The number of rotatable bonds is 5. The van der Waals surface area contributed by atoms with E-state index in [1.54, 1.807) is 16.6 Å². The highest BCUT2D eigenvalue weighted by atomic mass is 16.5. The molecule has 0 atom stereocenters. The molecule has 0 radical (unpaired) electrons. The molecule has 112 valence electrons. The number of amides is 1. The molecular weight excluding hydrogens is 266 g/mol. The predicted octanol–water partition coefficient (Wildman–Crippen LogP) is 2.19. The summed E-state index contributed by atoms with van der Waals surface area (Å²) in [7, 11) is 3.63. The van der Waals surface area contributed by atoms with Crippen molar-refractivity contribution in [3.05, 3.63) is 47.3 Å². The Bertz CT molecular complexity index is 620.